The van der Waals surface area contributed by atoms with Crippen LogP contribution in [0, 0.1) is 0 Å². The molecule has 1 amide bonds. The largest absolute Gasteiger partial charge is 0.445 e. The van der Waals surface area contributed by atoms with E-state index in [1.54, 1.807) is 7.11 Å². The molecule has 2 aliphatic heterocycles. The van der Waals surface area contributed by atoms with E-state index in [1.165, 1.54) is 0 Å². The van der Waals surface area contributed by atoms with E-state index in [1.807, 2.05) is 4.90 Å². The Kier molecular flexibility index (Phi) is 4.45. The van der Waals surface area contributed by atoms with Crippen molar-refractivity contribution in [1.82, 2.24) is 9.80 Å². The zero-order chi connectivity index (χ0) is 13.1. The van der Waals surface area contributed by atoms with E-state index < -0.39 is 0 Å². The minimum absolute atomic E-state index is 0.00528. The van der Waals surface area contributed by atoms with E-state index in [9.17, 15) is 4.79 Å². The average molecular weight is 256 g/mol. The Morgan fingerprint density at radius 3 is 2.61 bits per heavy atom. The van der Waals surface area contributed by atoms with Gasteiger partial charge in [0.25, 0.3) is 0 Å². The SMILES string of the molecule is CO[C@@H](C)[C@@H]1CC(OC(=O)N2CCCC2)CN1C. The number of carbonyl (C=O) groups excluding carboxylic acids is 1. The number of ether oxygens (including phenoxy) is 2. The van der Waals surface area contributed by atoms with E-state index in [-0.39, 0.29) is 18.3 Å². The number of hydrogen-bond donors (Lipinski definition) is 0. The first-order valence-electron chi connectivity index (χ1n) is 6.80. The molecular weight excluding hydrogens is 232 g/mol. The third-order valence-corrected chi connectivity index (χ3v) is 4.11. The quantitative estimate of drug-likeness (QED) is 0.764. The van der Waals surface area contributed by atoms with Gasteiger partial charge in [-0.1, -0.05) is 0 Å². The van der Waals surface area contributed by atoms with Gasteiger partial charge in [-0.05, 0) is 26.8 Å². The summed E-state index contributed by atoms with van der Waals surface area (Å²) in [7, 11) is 3.78. The van der Waals surface area contributed by atoms with Crippen LogP contribution in [-0.2, 0) is 9.47 Å². The van der Waals surface area contributed by atoms with Crippen LogP contribution in [0.1, 0.15) is 26.2 Å². The Balaban J connectivity index is 1.82. The lowest BCUT2D eigenvalue weighted by Crippen LogP contribution is -2.35. The van der Waals surface area contributed by atoms with Crippen LogP contribution in [0.4, 0.5) is 4.79 Å². The molecule has 18 heavy (non-hydrogen) atoms. The molecule has 1 unspecified atom stereocenters. The molecule has 0 saturated carbocycles. The third-order valence-electron chi connectivity index (χ3n) is 4.11. The van der Waals surface area contributed by atoms with Crippen molar-refractivity contribution in [2.45, 2.75) is 44.4 Å². The fourth-order valence-corrected chi connectivity index (χ4v) is 2.89. The van der Waals surface area contributed by atoms with Crippen molar-refractivity contribution in [2.24, 2.45) is 0 Å². The maximum atomic E-state index is 11.9. The number of likely N-dealkylation sites (tertiary alicyclic amines) is 2. The second-order valence-electron chi connectivity index (χ2n) is 5.38. The van der Waals surface area contributed by atoms with Gasteiger partial charge in [-0.2, -0.15) is 0 Å². The topological polar surface area (TPSA) is 42.0 Å². The van der Waals surface area contributed by atoms with Gasteiger partial charge in [-0.3, -0.25) is 4.90 Å². The molecule has 0 aromatic heterocycles. The molecule has 2 rings (SSSR count). The number of rotatable bonds is 3. The standard InChI is InChI=1S/C13H24N2O3/c1-10(17-3)12-8-11(9-14(12)2)18-13(16)15-6-4-5-7-15/h10-12H,4-9H2,1-3H3/t10-,11?,12-/m0/s1. The molecule has 0 aromatic carbocycles. The van der Waals surface area contributed by atoms with Crippen molar-refractivity contribution in [2.75, 3.05) is 33.8 Å². The van der Waals surface area contributed by atoms with Crippen molar-refractivity contribution in [3.63, 3.8) is 0 Å². The van der Waals surface area contributed by atoms with Crippen LogP contribution >= 0.6 is 0 Å². The summed E-state index contributed by atoms with van der Waals surface area (Å²) >= 11 is 0. The molecule has 0 bridgehead atoms. The predicted octanol–water partition coefficient (Wildman–Crippen LogP) is 1.33. The first-order valence-corrected chi connectivity index (χ1v) is 6.80. The average Bonchev–Trinajstić information content (AvgIpc) is 2.97. The molecule has 0 aromatic rings. The van der Waals surface area contributed by atoms with Gasteiger partial charge in [-0.25, -0.2) is 4.79 Å². The molecular formula is C13H24N2O3. The second-order valence-corrected chi connectivity index (χ2v) is 5.38. The highest BCUT2D eigenvalue weighted by atomic mass is 16.6. The lowest BCUT2D eigenvalue weighted by molar-refractivity contribution is 0.0512. The Labute approximate surface area is 109 Å². The number of hydrogen-bond acceptors (Lipinski definition) is 4. The van der Waals surface area contributed by atoms with Gasteiger partial charge in [0.15, 0.2) is 0 Å². The molecule has 0 aliphatic carbocycles. The van der Waals surface area contributed by atoms with E-state index in [4.69, 9.17) is 9.47 Å². The number of amides is 1. The van der Waals surface area contributed by atoms with E-state index in [0.29, 0.717) is 6.04 Å². The summed E-state index contributed by atoms with van der Waals surface area (Å²) in [4.78, 5) is 15.9. The van der Waals surface area contributed by atoms with Gasteiger partial charge in [0, 0.05) is 39.2 Å². The third kappa shape index (κ3) is 2.95. The normalized spacial score (nSPS) is 30.7. The number of methoxy groups -OCH3 is 1. The first-order chi connectivity index (χ1) is 8.61. The minimum Gasteiger partial charge on any atom is -0.445 e. The lowest BCUT2D eigenvalue weighted by atomic mass is 10.1. The van der Waals surface area contributed by atoms with Gasteiger partial charge >= 0.3 is 6.09 Å². The molecule has 2 aliphatic rings. The van der Waals surface area contributed by atoms with Crippen molar-refractivity contribution in [3.8, 4) is 0 Å². The maximum absolute atomic E-state index is 11.9. The van der Waals surface area contributed by atoms with E-state index in [0.717, 1.165) is 38.9 Å². The second kappa shape index (κ2) is 5.89. The van der Waals surface area contributed by atoms with Gasteiger partial charge in [-0.15, -0.1) is 0 Å². The Bertz CT molecular complexity index is 292. The number of nitrogens with zero attached hydrogens (tertiary/aromatic N) is 2. The van der Waals surface area contributed by atoms with Crippen LogP contribution in [-0.4, -0.2) is 67.9 Å². The molecule has 5 heteroatoms. The summed E-state index contributed by atoms with van der Waals surface area (Å²) in [5.74, 6) is 0. The number of likely N-dealkylation sites (N-methyl/N-ethyl adjacent to an activating group) is 1. The summed E-state index contributed by atoms with van der Waals surface area (Å²) in [6, 6.07) is 0.339. The zero-order valence-electron chi connectivity index (χ0n) is 11.6. The molecule has 5 nitrogen and oxygen atoms in total. The molecule has 0 spiro atoms. The van der Waals surface area contributed by atoms with Crippen LogP contribution < -0.4 is 0 Å². The van der Waals surface area contributed by atoms with Crippen LogP contribution in [0.2, 0.25) is 0 Å². The molecule has 2 fully saturated rings. The van der Waals surface area contributed by atoms with Gasteiger partial charge in [0.1, 0.15) is 6.10 Å². The maximum Gasteiger partial charge on any atom is 0.410 e. The predicted molar refractivity (Wildman–Crippen MR) is 68.6 cm³/mol. The highest BCUT2D eigenvalue weighted by Gasteiger charge is 2.36. The van der Waals surface area contributed by atoms with Gasteiger partial charge in [0.2, 0.25) is 0 Å². The molecule has 3 atom stereocenters. The first kappa shape index (κ1) is 13.6. The highest BCUT2D eigenvalue weighted by Crippen LogP contribution is 2.23. The Hall–Kier alpha value is -0.810. The van der Waals surface area contributed by atoms with Gasteiger partial charge < -0.3 is 14.4 Å². The smallest absolute Gasteiger partial charge is 0.410 e. The highest BCUT2D eigenvalue weighted by molar-refractivity contribution is 5.68. The fourth-order valence-electron chi connectivity index (χ4n) is 2.89. The van der Waals surface area contributed by atoms with Crippen LogP contribution in [0.25, 0.3) is 0 Å². The summed E-state index contributed by atoms with van der Waals surface area (Å²) in [6.07, 6.45) is 3.10. The number of carbonyl (C=O) groups is 1. The summed E-state index contributed by atoms with van der Waals surface area (Å²) < 4.78 is 10.9. The molecule has 2 saturated heterocycles. The molecule has 104 valence electrons. The minimum atomic E-state index is -0.142. The van der Waals surface area contributed by atoms with E-state index >= 15 is 0 Å². The summed E-state index contributed by atoms with van der Waals surface area (Å²) in [5.41, 5.74) is 0. The van der Waals surface area contributed by atoms with E-state index in [2.05, 4.69) is 18.9 Å². The molecule has 0 N–H and O–H groups in total. The van der Waals surface area contributed by atoms with Gasteiger partial charge in [0.05, 0.1) is 6.10 Å². The Morgan fingerprint density at radius 1 is 1.33 bits per heavy atom. The summed E-state index contributed by atoms with van der Waals surface area (Å²) in [6.45, 7) is 4.56. The Morgan fingerprint density at radius 2 is 2.00 bits per heavy atom. The van der Waals surface area contributed by atoms with Crippen LogP contribution in [0.15, 0.2) is 0 Å². The van der Waals surface area contributed by atoms with Crippen LogP contribution in [0.3, 0.4) is 0 Å². The van der Waals surface area contributed by atoms with Crippen molar-refractivity contribution in [3.05, 3.63) is 0 Å². The fraction of sp³-hybridized carbons (Fsp3) is 0.923. The summed E-state index contributed by atoms with van der Waals surface area (Å²) in [5, 5.41) is 0. The van der Waals surface area contributed by atoms with Crippen molar-refractivity contribution >= 4 is 6.09 Å². The lowest BCUT2D eigenvalue weighted by Gasteiger charge is -2.24. The molecule has 0 radical (unpaired) electrons. The van der Waals surface area contributed by atoms with Crippen molar-refractivity contribution in [1.29, 1.82) is 0 Å². The zero-order valence-corrected chi connectivity index (χ0v) is 11.6. The molecule has 2 heterocycles. The van der Waals surface area contributed by atoms with Crippen LogP contribution in [0.5, 0.6) is 0 Å². The van der Waals surface area contributed by atoms with Crippen molar-refractivity contribution < 1.29 is 14.3 Å². The monoisotopic (exact) mass is 256 g/mol.